The fourth-order valence-electron chi connectivity index (χ4n) is 8.09. The molecule has 0 aliphatic rings. The smallest absolute Gasteiger partial charge is 0.227 e. The van der Waals surface area contributed by atoms with Crippen LogP contribution < -0.4 is 4.90 Å². The van der Waals surface area contributed by atoms with Crippen LogP contribution in [0, 0.1) is 0 Å². The normalized spacial score (nSPS) is 11.7. The van der Waals surface area contributed by atoms with Crippen molar-refractivity contribution in [2.75, 3.05) is 4.90 Å². The molecule has 0 saturated heterocycles. The molecule has 4 heterocycles. The predicted molar refractivity (Wildman–Crippen MR) is 246 cm³/mol. The monoisotopic (exact) mass is 793 g/mol. The van der Waals surface area contributed by atoms with Gasteiger partial charge in [0.05, 0.1) is 31.5 Å². The summed E-state index contributed by atoms with van der Waals surface area (Å²) in [5, 5.41) is 4.45. The third kappa shape index (κ3) is 5.80. The van der Waals surface area contributed by atoms with Crippen LogP contribution in [0.25, 0.3) is 91.6 Å². The van der Waals surface area contributed by atoms with Gasteiger partial charge in [0.15, 0.2) is 5.58 Å². The van der Waals surface area contributed by atoms with Gasteiger partial charge in [-0.25, -0.2) is 15.0 Å². The molecule has 4 aromatic heterocycles. The van der Waals surface area contributed by atoms with E-state index in [9.17, 15) is 0 Å². The molecule has 12 aromatic rings. The molecule has 6 nitrogen and oxygen atoms in total. The van der Waals surface area contributed by atoms with E-state index in [4.69, 9.17) is 19.4 Å². The lowest BCUT2D eigenvalue weighted by molar-refractivity contribution is 0.620. The maximum atomic E-state index is 6.06. The molecule has 0 aliphatic heterocycles. The average Bonchev–Trinajstić information content (AvgIpc) is 4.10. The number of para-hydroxylation sites is 5. The number of thiazole rings is 2. The van der Waals surface area contributed by atoms with Crippen molar-refractivity contribution in [2.45, 2.75) is 0 Å². The number of anilines is 3. The van der Waals surface area contributed by atoms with Crippen molar-refractivity contribution in [1.29, 1.82) is 0 Å². The van der Waals surface area contributed by atoms with Crippen molar-refractivity contribution in [3.05, 3.63) is 188 Å². The number of oxazole rings is 1. The summed E-state index contributed by atoms with van der Waals surface area (Å²) in [5.41, 5.74) is 13.4. The highest BCUT2D eigenvalue weighted by Gasteiger charge is 2.18. The topological polar surface area (TPSA) is 60.0 Å². The lowest BCUT2D eigenvalue weighted by Gasteiger charge is -2.25. The number of rotatable bonds is 7. The van der Waals surface area contributed by atoms with Crippen LogP contribution in [0.5, 0.6) is 0 Å². The Bertz CT molecular complexity index is 3480. The fourth-order valence-corrected chi connectivity index (χ4v) is 10.1. The van der Waals surface area contributed by atoms with E-state index < -0.39 is 0 Å². The van der Waals surface area contributed by atoms with Gasteiger partial charge in [0.1, 0.15) is 15.5 Å². The first kappa shape index (κ1) is 33.7. The number of hydrogen-bond acceptors (Lipinski definition) is 7. The Morgan fingerprint density at radius 2 is 1.02 bits per heavy atom. The van der Waals surface area contributed by atoms with E-state index in [1.807, 2.05) is 30.3 Å². The Morgan fingerprint density at radius 1 is 0.424 bits per heavy atom. The molecule has 0 amide bonds. The molecule has 0 saturated carbocycles. The third-order valence-corrected chi connectivity index (χ3v) is 13.0. The van der Waals surface area contributed by atoms with Crippen molar-refractivity contribution in [3.8, 4) is 38.3 Å². The van der Waals surface area contributed by atoms with E-state index in [0.29, 0.717) is 5.89 Å². The van der Waals surface area contributed by atoms with Gasteiger partial charge in [0.2, 0.25) is 5.89 Å². The Kier molecular flexibility index (Phi) is 7.79. The fraction of sp³-hybridized carbons (Fsp3) is 0. The second-order valence-electron chi connectivity index (χ2n) is 14.5. The molecule has 0 atom stereocenters. The maximum Gasteiger partial charge on any atom is 0.227 e. The molecule has 0 aliphatic carbocycles. The summed E-state index contributed by atoms with van der Waals surface area (Å²) in [6, 6.07) is 65.7. The van der Waals surface area contributed by atoms with Crippen molar-refractivity contribution in [2.24, 2.45) is 0 Å². The predicted octanol–water partition coefficient (Wildman–Crippen LogP) is 14.6. The molecule has 0 N–H and O–H groups in total. The first-order chi connectivity index (χ1) is 29.2. The van der Waals surface area contributed by atoms with Crippen LogP contribution >= 0.6 is 22.7 Å². The minimum atomic E-state index is 0.611. The van der Waals surface area contributed by atoms with Crippen LogP contribution in [0.15, 0.2) is 192 Å². The molecule has 278 valence electrons. The van der Waals surface area contributed by atoms with Crippen molar-refractivity contribution in [3.63, 3.8) is 0 Å². The summed E-state index contributed by atoms with van der Waals surface area (Å²) >= 11 is 3.44. The van der Waals surface area contributed by atoms with E-state index in [-0.39, 0.29) is 0 Å². The number of aromatic nitrogens is 4. The lowest BCUT2D eigenvalue weighted by atomic mass is 10.1. The first-order valence-electron chi connectivity index (χ1n) is 19.4. The summed E-state index contributed by atoms with van der Waals surface area (Å²) in [6.07, 6.45) is 0. The van der Waals surface area contributed by atoms with Crippen molar-refractivity contribution in [1.82, 2.24) is 19.5 Å². The lowest BCUT2D eigenvalue weighted by Crippen LogP contribution is -2.09. The molecule has 8 heteroatoms. The molecule has 0 spiro atoms. The highest BCUT2D eigenvalue weighted by Crippen LogP contribution is 2.42. The second-order valence-corrected chi connectivity index (χ2v) is 16.6. The van der Waals surface area contributed by atoms with Crippen LogP contribution in [-0.2, 0) is 0 Å². The highest BCUT2D eigenvalue weighted by molar-refractivity contribution is 7.22. The van der Waals surface area contributed by atoms with Gasteiger partial charge in [0, 0.05) is 50.2 Å². The van der Waals surface area contributed by atoms with Crippen LogP contribution in [0.2, 0.25) is 0 Å². The quantitative estimate of drug-likeness (QED) is 0.161. The van der Waals surface area contributed by atoms with E-state index in [1.54, 1.807) is 22.7 Å². The second kappa shape index (κ2) is 13.6. The summed E-state index contributed by atoms with van der Waals surface area (Å²) in [4.78, 5) is 17.2. The summed E-state index contributed by atoms with van der Waals surface area (Å²) < 4.78 is 10.7. The zero-order valence-electron chi connectivity index (χ0n) is 31.4. The molecule has 0 fully saturated rings. The number of hydrogen-bond donors (Lipinski definition) is 0. The molecule has 0 radical (unpaired) electrons. The summed E-state index contributed by atoms with van der Waals surface area (Å²) in [5.74, 6) is 0.611. The van der Waals surface area contributed by atoms with Gasteiger partial charge in [-0.1, -0.05) is 66.7 Å². The van der Waals surface area contributed by atoms with Gasteiger partial charge in [-0.3, -0.25) is 0 Å². The highest BCUT2D eigenvalue weighted by atomic mass is 32.1. The van der Waals surface area contributed by atoms with E-state index in [0.717, 1.165) is 81.0 Å². The van der Waals surface area contributed by atoms with E-state index in [2.05, 4.69) is 167 Å². The Labute approximate surface area is 346 Å². The number of benzene rings is 8. The minimum absolute atomic E-state index is 0.611. The zero-order valence-corrected chi connectivity index (χ0v) is 33.0. The maximum absolute atomic E-state index is 6.06. The van der Waals surface area contributed by atoms with Crippen molar-refractivity contribution >= 4 is 93.1 Å². The van der Waals surface area contributed by atoms with E-state index in [1.165, 1.54) is 21.8 Å². The largest absolute Gasteiger partial charge is 0.436 e. The minimum Gasteiger partial charge on any atom is -0.436 e. The molecule has 8 aromatic carbocycles. The van der Waals surface area contributed by atoms with Gasteiger partial charge in [0.25, 0.3) is 0 Å². The Balaban J connectivity index is 0.875. The van der Waals surface area contributed by atoms with Crippen LogP contribution in [-0.4, -0.2) is 19.5 Å². The Morgan fingerprint density at radius 3 is 1.81 bits per heavy atom. The average molecular weight is 794 g/mol. The number of nitrogens with zero attached hydrogens (tertiary/aromatic N) is 5. The standard InChI is InChI=1S/C51H31N5OS2/c1-3-11-35(12-4-1)55(37-23-19-32(20-24-37)49-52-41-16-8-10-18-46(41)57-49)38-25-27-43-48(31-38)59-51(54-43)34-21-26-42-47(30-34)58-50(53-42)33-22-28-45-40(29-33)39-15-7-9-17-44(39)56(45)36-13-5-2-6-14-36/h1-31H. The van der Waals surface area contributed by atoms with Crippen LogP contribution in [0.3, 0.4) is 0 Å². The zero-order chi connectivity index (χ0) is 38.9. The van der Waals surface area contributed by atoms with Crippen LogP contribution in [0.1, 0.15) is 0 Å². The molecule has 12 rings (SSSR count). The van der Waals surface area contributed by atoms with Crippen LogP contribution in [0.4, 0.5) is 17.1 Å². The Hall–Kier alpha value is -7.39. The molecule has 0 unspecified atom stereocenters. The van der Waals surface area contributed by atoms with Gasteiger partial charge in [-0.15, -0.1) is 22.7 Å². The summed E-state index contributed by atoms with van der Waals surface area (Å²) in [6.45, 7) is 0. The number of fused-ring (bicyclic) bond motifs is 6. The third-order valence-electron chi connectivity index (χ3n) is 10.9. The molecular formula is C51H31N5OS2. The summed E-state index contributed by atoms with van der Waals surface area (Å²) in [7, 11) is 0. The van der Waals surface area contributed by atoms with Crippen molar-refractivity contribution < 1.29 is 4.42 Å². The van der Waals surface area contributed by atoms with Gasteiger partial charge in [-0.2, -0.15) is 0 Å². The molecule has 0 bridgehead atoms. The first-order valence-corrected chi connectivity index (χ1v) is 21.1. The van der Waals surface area contributed by atoms with Gasteiger partial charge in [-0.05, 0) is 121 Å². The molecular weight excluding hydrogens is 763 g/mol. The molecule has 59 heavy (non-hydrogen) atoms. The SMILES string of the molecule is c1ccc(N(c2ccc(-c3nc4ccccc4o3)cc2)c2ccc3nc(-c4ccc5nc(-c6ccc7c(c6)c6ccccc6n7-c6ccccc6)sc5c4)sc3c2)cc1. The van der Waals surface area contributed by atoms with Gasteiger partial charge < -0.3 is 13.9 Å². The van der Waals surface area contributed by atoms with Gasteiger partial charge >= 0.3 is 0 Å². The van der Waals surface area contributed by atoms with E-state index >= 15 is 0 Å².